The van der Waals surface area contributed by atoms with Gasteiger partial charge in [-0.1, -0.05) is 17.7 Å². The summed E-state index contributed by atoms with van der Waals surface area (Å²) < 4.78 is 0.915. The molecule has 84 valence electrons. The smallest absolute Gasteiger partial charge is 0.180 e. The van der Waals surface area contributed by atoms with Crippen LogP contribution in [0.15, 0.2) is 22.7 Å². The Morgan fingerprint density at radius 2 is 2.25 bits per heavy atom. The first-order chi connectivity index (χ1) is 7.56. The number of halogens is 2. The largest absolute Gasteiger partial charge is 0.375 e. The van der Waals surface area contributed by atoms with Gasteiger partial charge in [0.25, 0.3) is 0 Å². The summed E-state index contributed by atoms with van der Waals surface area (Å²) in [6, 6.07) is 5.96. The van der Waals surface area contributed by atoms with E-state index in [2.05, 4.69) is 20.9 Å². The number of nitrogens with zero attached hydrogens (tertiary/aromatic N) is 1. The summed E-state index contributed by atoms with van der Waals surface area (Å²) in [5, 5.41) is 1.35. The standard InChI is InChI=1S/C11H10BrClN2S/c1-6-10(16-11(14)15-6)5-7-2-3-8(12)9(13)4-7/h2-4H,5H2,1H3,(H2,14,15). The lowest BCUT2D eigenvalue weighted by molar-refractivity contribution is 1.15. The van der Waals surface area contributed by atoms with Crippen molar-refractivity contribution in [2.75, 3.05) is 5.73 Å². The van der Waals surface area contributed by atoms with E-state index in [-0.39, 0.29) is 0 Å². The number of thiazole rings is 1. The van der Waals surface area contributed by atoms with Crippen LogP contribution in [-0.4, -0.2) is 4.98 Å². The van der Waals surface area contributed by atoms with E-state index in [9.17, 15) is 0 Å². The molecule has 0 aliphatic rings. The van der Waals surface area contributed by atoms with E-state index in [1.54, 1.807) is 0 Å². The Bertz CT molecular complexity index is 525. The molecule has 2 aromatic rings. The quantitative estimate of drug-likeness (QED) is 0.908. The highest BCUT2D eigenvalue weighted by atomic mass is 79.9. The minimum absolute atomic E-state index is 0.621. The molecule has 1 aromatic carbocycles. The first-order valence-corrected chi connectivity index (χ1v) is 6.70. The normalized spacial score (nSPS) is 10.7. The summed E-state index contributed by atoms with van der Waals surface area (Å²) in [7, 11) is 0. The van der Waals surface area contributed by atoms with E-state index >= 15 is 0 Å². The number of aromatic nitrogens is 1. The van der Waals surface area contributed by atoms with Crippen molar-refractivity contribution in [3.05, 3.63) is 43.8 Å². The van der Waals surface area contributed by atoms with E-state index in [1.807, 2.05) is 25.1 Å². The minimum Gasteiger partial charge on any atom is -0.375 e. The lowest BCUT2D eigenvalue weighted by atomic mass is 10.1. The topological polar surface area (TPSA) is 38.9 Å². The fourth-order valence-corrected chi connectivity index (χ4v) is 2.77. The number of nitrogens with two attached hydrogens (primary N) is 1. The van der Waals surface area contributed by atoms with Crippen LogP contribution < -0.4 is 5.73 Å². The number of aryl methyl sites for hydroxylation is 1. The minimum atomic E-state index is 0.621. The third-order valence-electron chi connectivity index (χ3n) is 2.26. The summed E-state index contributed by atoms with van der Waals surface area (Å²) >= 11 is 10.9. The molecule has 0 unspecified atom stereocenters. The molecule has 0 fully saturated rings. The zero-order valence-electron chi connectivity index (χ0n) is 8.63. The van der Waals surface area contributed by atoms with E-state index in [0.717, 1.165) is 21.6 Å². The molecule has 0 saturated heterocycles. The van der Waals surface area contributed by atoms with Gasteiger partial charge >= 0.3 is 0 Å². The molecular formula is C11H10BrClN2S. The van der Waals surface area contributed by atoms with Crippen molar-refractivity contribution < 1.29 is 0 Å². The van der Waals surface area contributed by atoms with Crippen LogP contribution in [0, 0.1) is 6.92 Å². The van der Waals surface area contributed by atoms with Crippen molar-refractivity contribution in [1.82, 2.24) is 4.98 Å². The van der Waals surface area contributed by atoms with Crippen molar-refractivity contribution in [2.45, 2.75) is 13.3 Å². The molecule has 0 aliphatic carbocycles. The molecule has 1 heterocycles. The number of benzene rings is 1. The predicted molar refractivity (Wildman–Crippen MR) is 73.2 cm³/mol. The average Bonchev–Trinajstić information content (AvgIpc) is 2.51. The summed E-state index contributed by atoms with van der Waals surface area (Å²) in [4.78, 5) is 5.39. The molecule has 1 aromatic heterocycles. The second-order valence-electron chi connectivity index (χ2n) is 3.49. The van der Waals surface area contributed by atoms with E-state index in [0.29, 0.717) is 5.13 Å². The molecule has 0 amide bonds. The predicted octanol–water partition coefficient (Wildman–Crippen LogP) is 4.04. The maximum Gasteiger partial charge on any atom is 0.180 e. The maximum absolute atomic E-state index is 6.04. The van der Waals surface area contributed by atoms with Crippen LogP contribution in [0.4, 0.5) is 5.13 Å². The summed E-state index contributed by atoms with van der Waals surface area (Å²) in [6.45, 7) is 1.97. The van der Waals surface area contributed by atoms with Crippen LogP contribution in [-0.2, 0) is 6.42 Å². The third-order valence-corrected chi connectivity index (χ3v) is 4.48. The lowest BCUT2D eigenvalue weighted by Gasteiger charge is -2.02. The van der Waals surface area contributed by atoms with Gasteiger partial charge in [-0.2, -0.15) is 0 Å². The number of anilines is 1. The van der Waals surface area contributed by atoms with Gasteiger partial charge in [-0.25, -0.2) is 4.98 Å². The van der Waals surface area contributed by atoms with Crippen molar-refractivity contribution >= 4 is 44.0 Å². The molecule has 2 rings (SSSR count). The van der Waals surface area contributed by atoms with E-state index in [1.165, 1.54) is 21.8 Å². The van der Waals surface area contributed by atoms with E-state index in [4.69, 9.17) is 17.3 Å². The van der Waals surface area contributed by atoms with Gasteiger partial charge in [0.1, 0.15) is 0 Å². The van der Waals surface area contributed by atoms with Gasteiger partial charge in [-0.15, -0.1) is 11.3 Å². The SMILES string of the molecule is Cc1nc(N)sc1Cc1ccc(Br)c(Cl)c1. The number of hydrogen-bond donors (Lipinski definition) is 1. The summed E-state index contributed by atoms with van der Waals surface area (Å²) in [5.74, 6) is 0. The van der Waals surface area contributed by atoms with E-state index < -0.39 is 0 Å². The van der Waals surface area contributed by atoms with Gasteiger partial charge in [0.15, 0.2) is 5.13 Å². The zero-order valence-corrected chi connectivity index (χ0v) is 11.8. The fourth-order valence-electron chi connectivity index (χ4n) is 1.45. The highest BCUT2D eigenvalue weighted by Crippen LogP contribution is 2.27. The zero-order chi connectivity index (χ0) is 11.7. The Hall–Kier alpha value is -0.580. The first kappa shape index (κ1) is 11.9. The Morgan fingerprint density at radius 1 is 1.50 bits per heavy atom. The molecule has 5 heteroatoms. The number of hydrogen-bond acceptors (Lipinski definition) is 3. The summed E-state index contributed by atoms with van der Waals surface area (Å²) in [6.07, 6.45) is 0.827. The number of rotatable bonds is 2. The maximum atomic E-state index is 6.04. The summed E-state index contributed by atoms with van der Waals surface area (Å²) in [5.41, 5.74) is 7.83. The van der Waals surface area contributed by atoms with Crippen molar-refractivity contribution in [2.24, 2.45) is 0 Å². The monoisotopic (exact) mass is 316 g/mol. The molecule has 16 heavy (non-hydrogen) atoms. The van der Waals surface area contributed by atoms with Crippen LogP contribution >= 0.6 is 38.9 Å². The Morgan fingerprint density at radius 3 is 2.81 bits per heavy atom. The first-order valence-electron chi connectivity index (χ1n) is 4.72. The molecule has 0 saturated carbocycles. The molecule has 0 aliphatic heterocycles. The van der Waals surface area contributed by atoms with Crippen LogP contribution in [0.25, 0.3) is 0 Å². The van der Waals surface area contributed by atoms with Crippen molar-refractivity contribution in [1.29, 1.82) is 0 Å². The van der Waals surface area contributed by atoms with Crippen molar-refractivity contribution in [3.8, 4) is 0 Å². The van der Waals surface area contributed by atoms with Crippen molar-refractivity contribution in [3.63, 3.8) is 0 Å². The van der Waals surface area contributed by atoms with Gasteiger partial charge in [0.05, 0.1) is 10.7 Å². The molecule has 0 atom stereocenters. The average molecular weight is 318 g/mol. The second kappa shape index (κ2) is 4.73. The van der Waals surface area contributed by atoms with Crippen LogP contribution in [0.5, 0.6) is 0 Å². The van der Waals surface area contributed by atoms with Gasteiger partial charge in [-0.05, 0) is 40.5 Å². The number of nitrogen functional groups attached to an aromatic ring is 1. The molecule has 2 N–H and O–H groups in total. The van der Waals surface area contributed by atoms with Crippen LogP contribution in [0.3, 0.4) is 0 Å². The Labute approximate surface area is 112 Å². The lowest BCUT2D eigenvalue weighted by Crippen LogP contribution is -1.88. The molecule has 0 spiro atoms. The molecule has 2 nitrogen and oxygen atoms in total. The van der Waals surface area contributed by atoms with Crippen LogP contribution in [0.2, 0.25) is 5.02 Å². The molecular weight excluding hydrogens is 308 g/mol. The Balaban J connectivity index is 2.27. The van der Waals surface area contributed by atoms with Crippen LogP contribution in [0.1, 0.15) is 16.1 Å². The van der Waals surface area contributed by atoms with Gasteiger partial charge < -0.3 is 5.73 Å². The van der Waals surface area contributed by atoms with Gasteiger partial charge in [0.2, 0.25) is 0 Å². The van der Waals surface area contributed by atoms with Gasteiger partial charge in [0, 0.05) is 15.8 Å². The Kier molecular flexibility index (Phi) is 3.52. The highest BCUT2D eigenvalue weighted by molar-refractivity contribution is 9.10. The van der Waals surface area contributed by atoms with Gasteiger partial charge in [-0.3, -0.25) is 0 Å². The second-order valence-corrected chi connectivity index (χ2v) is 5.86. The fraction of sp³-hybridized carbons (Fsp3) is 0.182. The highest BCUT2D eigenvalue weighted by Gasteiger charge is 2.07. The third kappa shape index (κ3) is 2.56. The molecule has 0 radical (unpaired) electrons. The molecule has 0 bridgehead atoms.